The molecule has 4 aromatic rings. The predicted octanol–water partition coefficient (Wildman–Crippen LogP) is 5.76. The summed E-state index contributed by atoms with van der Waals surface area (Å²) in [5.74, 6) is 1.49. The molecule has 4 rings (SSSR count). The number of fused-ring (bicyclic) bond motifs is 1. The van der Waals surface area contributed by atoms with Gasteiger partial charge in [0.15, 0.2) is 0 Å². The van der Waals surface area contributed by atoms with Crippen molar-refractivity contribution in [1.82, 2.24) is 4.98 Å². The lowest BCUT2D eigenvalue weighted by molar-refractivity contribution is 0.575. The van der Waals surface area contributed by atoms with Gasteiger partial charge >= 0.3 is 0 Å². The molecular formula is C18H12BrN3OS. The highest BCUT2D eigenvalue weighted by Gasteiger charge is 2.04. The van der Waals surface area contributed by atoms with Crippen LogP contribution in [0.3, 0.4) is 0 Å². The molecular weight excluding hydrogens is 386 g/mol. The third kappa shape index (κ3) is 3.25. The quantitative estimate of drug-likeness (QED) is 0.351. The van der Waals surface area contributed by atoms with Crippen LogP contribution in [0.25, 0.3) is 21.5 Å². The first-order chi connectivity index (χ1) is 11.8. The van der Waals surface area contributed by atoms with Crippen molar-refractivity contribution < 1.29 is 4.42 Å². The van der Waals surface area contributed by atoms with E-state index in [9.17, 15) is 0 Å². The van der Waals surface area contributed by atoms with Crippen LogP contribution in [0.2, 0.25) is 0 Å². The van der Waals surface area contributed by atoms with Crippen LogP contribution in [0.4, 0.5) is 5.13 Å². The van der Waals surface area contributed by atoms with Crippen molar-refractivity contribution in [2.45, 2.75) is 0 Å². The summed E-state index contributed by atoms with van der Waals surface area (Å²) >= 11 is 4.99. The Morgan fingerprint density at radius 1 is 1.04 bits per heavy atom. The van der Waals surface area contributed by atoms with E-state index in [0.717, 1.165) is 31.1 Å². The molecule has 0 unspecified atom stereocenters. The van der Waals surface area contributed by atoms with Gasteiger partial charge < -0.3 is 4.42 Å². The summed E-state index contributed by atoms with van der Waals surface area (Å²) in [5.41, 5.74) is 4.94. The number of nitrogens with zero attached hydrogens (tertiary/aromatic N) is 2. The Morgan fingerprint density at radius 3 is 2.71 bits per heavy atom. The zero-order chi connectivity index (χ0) is 16.4. The van der Waals surface area contributed by atoms with Crippen molar-refractivity contribution in [2.24, 2.45) is 5.10 Å². The van der Waals surface area contributed by atoms with Gasteiger partial charge in [-0.25, -0.2) is 4.98 Å². The Hall–Kier alpha value is -2.44. The summed E-state index contributed by atoms with van der Waals surface area (Å²) in [6.45, 7) is 0. The molecule has 2 aromatic heterocycles. The zero-order valence-corrected chi connectivity index (χ0v) is 14.8. The maximum absolute atomic E-state index is 5.78. The molecule has 0 saturated heterocycles. The fourth-order valence-corrected chi connectivity index (χ4v) is 3.34. The summed E-state index contributed by atoms with van der Waals surface area (Å²) < 4.78 is 7.96. The van der Waals surface area contributed by atoms with E-state index in [1.54, 1.807) is 17.6 Å². The molecule has 6 heteroatoms. The Labute approximate surface area is 151 Å². The second-order valence-corrected chi connectivity index (χ2v) is 7.01. The number of rotatable bonds is 4. The lowest BCUT2D eigenvalue weighted by Crippen LogP contribution is -1.88. The maximum Gasteiger partial charge on any atom is 0.204 e. The van der Waals surface area contributed by atoms with Crippen molar-refractivity contribution in [2.75, 3.05) is 5.43 Å². The number of furan rings is 1. The topological polar surface area (TPSA) is 50.4 Å². The number of nitrogens with one attached hydrogen (secondary N) is 1. The van der Waals surface area contributed by atoms with Crippen LogP contribution in [-0.4, -0.2) is 11.2 Å². The van der Waals surface area contributed by atoms with E-state index < -0.39 is 0 Å². The number of thiazole rings is 1. The first kappa shape index (κ1) is 15.1. The normalized spacial score (nSPS) is 11.4. The number of hydrazone groups is 1. The van der Waals surface area contributed by atoms with Gasteiger partial charge in [-0.1, -0.05) is 51.5 Å². The summed E-state index contributed by atoms with van der Waals surface area (Å²) in [7, 11) is 0. The van der Waals surface area contributed by atoms with Gasteiger partial charge in [-0.05, 0) is 36.4 Å². The van der Waals surface area contributed by atoms with E-state index >= 15 is 0 Å². The minimum Gasteiger partial charge on any atom is -0.455 e. The highest BCUT2D eigenvalue weighted by atomic mass is 79.9. The fraction of sp³-hybridized carbons (Fsp3) is 0. The molecule has 1 N–H and O–H groups in total. The van der Waals surface area contributed by atoms with Crippen LogP contribution in [0, 0.1) is 0 Å². The number of para-hydroxylation sites is 1. The maximum atomic E-state index is 5.78. The number of hydrogen-bond acceptors (Lipinski definition) is 5. The van der Waals surface area contributed by atoms with E-state index in [0.29, 0.717) is 5.76 Å². The molecule has 0 aliphatic rings. The molecule has 0 aliphatic carbocycles. The van der Waals surface area contributed by atoms with Gasteiger partial charge in [-0.3, -0.25) is 5.43 Å². The summed E-state index contributed by atoms with van der Waals surface area (Å²) in [4.78, 5) is 4.46. The van der Waals surface area contributed by atoms with E-state index in [1.165, 1.54) is 0 Å². The largest absolute Gasteiger partial charge is 0.455 e. The van der Waals surface area contributed by atoms with Crippen molar-refractivity contribution in [1.29, 1.82) is 0 Å². The van der Waals surface area contributed by atoms with Gasteiger partial charge in [-0.15, -0.1) is 0 Å². The molecule has 0 fully saturated rings. The van der Waals surface area contributed by atoms with Gasteiger partial charge in [0.2, 0.25) is 5.13 Å². The first-order valence-corrected chi connectivity index (χ1v) is 8.89. The summed E-state index contributed by atoms with van der Waals surface area (Å²) in [6, 6.07) is 19.8. The second-order valence-electron chi connectivity index (χ2n) is 5.07. The van der Waals surface area contributed by atoms with Gasteiger partial charge in [0.05, 0.1) is 16.4 Å². The van der Waals surface area contributed by atoms with Gasteiger partial charge in [0.25, 0.3) is 0 Å². The molecule has 0 spiro atoms. The molecule has 0 amide bonds. The van der Waals surface area contributed by atoms with E-state index in [2.05, 4.69) is 31.4 Å². The molecule has 0 aliphatic heterocycles. The molecule has 24 heavy (non-hydrogen) atoms. The van der Waals surface area contributed by atoms with Crippen molar-refractivity contribution in [3.63, 3.8) is 0 Å². The van der Waals surface area contributed by atoms with E-state index in [1.807, 2.05) is 60.7 Å². The van der Waals surface area contributed by atoms with E-state index in [-0.39, 0.29) is 0 Å². The Morgan fingerprint density at radius 2 is 1.88 bits per heavy atom. The number of hydrogen-bond donors (Lipinski definition) is 1. The Kier molecular flexibility index (Phi) is 4.15. The number of halogens is 1. The minimum atomic E-state index is 0.682. The standard InChI is InChI=1S/C18H12BrN3OS/c19-13-7-5-12(6-8-13)16-10-9-14(23-16)11-20-22-18-21-15-3-1-2-4-17(15)24-18/h1-11H,(H,21,22). The van der Waals surface area contributed by atoms with Gasteiger partial charge in [0, 0.05) is 10.0 Å². The molecule has 0 radical (unpaired) electrons. The minimum absolute atomic E-state index is 0.682. The molecule has 0 atom stereocenters. The first-order valence-electron chi connectivity index (χ1n) is 7.28. The van der Waals surface area contributed by atoms with Crippen molar-refractivity contribution in [3.8, 4) is 11.3 Å². The van der Waals surface area contributed by atoms with E-state index in [4.69, 9.17) is 4.42 Å². The SMILES string of the molecule is Brc1ccc(-c2ccc(C=NNc3nc4ccccc4s3)o2)cc1. The summed E-state index contributed by atoms with van der Waals surface area (Å²) in [5, 5.41) is 4.96. The van der Waals surface area contributed by atoms with Crippen LogP contribution in [0.15, 0.2) is 74.7 Å². The van der Waals surface area contributed by atoms with Gasteiger partial charge in [-0.2, -0.15) is 5.10 Å². The molecule has 2 aromatic carbocycles. The third-order valence-corrected chi connectivity index (χ3v) is 4.87. The van der Waals surface area contributed by atoms with Crippen LogP contribution in [-0.2, 0) is 0 Å². The lowest BCUT2D eigenvalue weighted by Gasteiger charge is -1.96. The smallest absolute Gasteiger partial charge is 0.204 e. The van der Waals surface area contributed by atoms with Crippen molar-refractivity contribution in [3.05, 3.63) is 70.9 Å². The van der Waals surface area contributed by atoms with Crippen LogP contribution < -0.4 is 5.43 Å². The molecule has 118 valence electrons. The second kappa shape index (κ2) is 6.59. The molecule has 4 nitrogen and oxygen atoms in total. The Bertz CT molecular complexity index is 971. The fourth-order valence-electron chi connectivity index (χ4n) is 2.26. The highest BCUT2D eigenvalue weighted by Crippen LogP contribution is 2.26. The summed E-state index contributed by atoms with van der Waals surface area (Å²) in [6.07, 6.45) is 1.65. The number of benzene rings is 2. The van der Waals surface area contributed by atoms with Crippen LogP contribution >= 0.6 is 27.3 Å². The highest BCUT2D eigenvalue weighted by molar-refractivity contribution is 9.10. The Balaban J connectivity index is 1.47. The molecule has 2 heterocycles. The molecule has 0 saturated carbocycles. The monoisotopic (exact) mass is 397 g/mol. The van der Waals surface area contributed by atoms with Crippen molar-refractivity contribution >= 4 is 48.8 Å². The molecule has 0 bridgehead atoms. The lowest BCUT2D eigenvalue weighted by atomic mass is 10.2. The van der Waals surface area contributed by atoms with Crippen LogP contribution in [0.5, 0.6) is 0 Å². The average molecular weight is 398 g/mol. The third-order valence-electron chi connectivity index (χ3n) is 3.40. The number of anilines is 1. The zero-order valence-electron chi connectivity index (χ0n) is 12.4. The average Bonchev–Trinajstić information content (AvgIpc) is 3.22. The van der Waals surface area contributed by atoms with Crippen LogP contribution in [0.1, 0.15) is 5.76 Å². The predicted molar refractivity (Wildman–Crippen MR) is 103 cm³/mol. The number of aromatic nitrogens is 1. The van der Waals surface area contributed by atoms with Gasteiger partial charge in [0.1, 0.15) is 11.5 Å².